The maximum atomic E-state index is 5.67. The molecule has 0 radical (unpaired) electrons. The van der Waals surface area contributed by atoms with Gasteiger partial charge in [0.1, 0.15) is 6.23 Å². The summed E-state index contributed by atoms with van der Waals surface area (Å²) in [7, 11) is 0. The molecule has 0 amide bonds. The van der Waals surface area contributed by atoms with Gasteiger partial charge in [-0.25, -0.2) is 0 Å². The van der Waals surface area contributed by atoms with Crippen LogP contribution in [0.1, 0.15) is 19.8 Å². The van der Waals surface area contributed by atoms with E-state index in [1.165, 1.54) is 12.8 Å². The van der Waals surface area contributed by atoms with Crippen molar-refractivity contribution in [2.24, 2.45) is 5.92 Å². The molecule has 2 aliphatic rings. The zero-order valence-electron chi connectivity index (χ0n) is 8.08. The molecule has 13 heavy (non-hydrogen) atoms. The molecule has 0 saturated carbocycles. The Hall–Kier alpha value is 0.170. The summed E-state index contributed by atoms with van der Waals surface area (Å²) in [6, 6.07) is 0.546. The van der Waals surface area contributed by atoms with Gasteiger partial charge in [-0.1, -0.05) is 0 Å². The van der Waals surface area contributed by atoms with Crippen LogP contribution in [0.3, 0.4) is 0 Å². The molecule has 2 rings (SSSR count). The van der Waals surface area contributed by atoms with E-state index in [1.807, 2.05) is 0 Å². The van der Waals surface area contributed by atoms with Crippen molar-refractivity contribution < 1.29 is 4.74 Å². The van der Waals surface area contributed by atoms with E-state index in [2.05, 4.69) is 17.6 Å². The van der Waals surface area contributed by atoms with Crippen LogP contribution < -0.4 is 10.6 Å². The van der Waals surface area contributed by atoms with Gasteiger partial charge in [-0.2, -0.15) is 0 Å². The average Bonchev–Trinajstić information content (AvgIpc) is 2.54. The fourth-order valence-electron chi connectivity index (χ4n) is 2.04. The highest BCUT2D eigenvalue weighted by Crippen LogP contribution is 2.20. The minimum Gasteiger partial charge on any atom is -0.361 e. The number of piperidine rings is 1. The largest absolute Gasteiger partial charge is 0.361 e. The van der Waals surface area contributed by atoms with Gasteiger partial charge in [-0.05, 0) is 32.9 Å². The van der Waals surface area contributed by atoms with Gasteiger partial charge in [0, 0.05) is 12.0 Å². The molecule has 0 spiro atoms. The second-order valence-electron chi connectivity index (χ2n) is 3.91. The molecule has 78 valence electrons. The van der Waals surface area contributed by atoms with Gasteiger partial charge < -0.3 is 10.1 Å². The quantitative estimate of drug-likeness (QED) is 0.664. The van der Waals surface area contributed by atoms with Gasteiger partial charge in [-0.3, -0.25) is 5.32 Å². The molecule has 2 aliphatic heterocycles. The summed E-state index contributed by atoms with van der Waals surface area (Å²) < 4.78 is 5.67. The molecule has 2 unspecified atom stereocenters. The fourth-order valence-corrected chi connectivity index (χ4v) is 2.04. The Labute approximate surface area is 86.0 Å². The van der Waals surface area contributed by atoms with Gasteiger partial charge in [0.25, 0.3) is 0 Å². The van der Waals surface area contributed by atoms with E-state index in [9.17, 15) is 0 Å². The molecule has 4 heteroatoms. The zero-order valence-corrected chi connectivity index (χ0v) is 8.90. The number of hydrogen-bond acceptors (Lipinski definition) is 3. The van der Waals surface area contributed by atoms with Crippen LogP contribution in [0.2, 0.25) is 0 Å². The van der Waals surface area contributed by atoms with Crippen LogP contribution in [0.15, 0.2) is 0 Å². The second-order valence-corrected chi connectivity index (χ2v) is 3.91. The molecule has 2 saturated heterocycles. The topological polar surface area (TPSA) is 33.3 Å². The lowest BCUT2D eigenvalue weighted by molar-refractivity contribution is 0.0395. The highest BCUT2D eigenvalue weighted by atomic mass is 35.5. The lowest BCUT2D eigenvalue weighted by atomic mass is 9.96. The molecule has 0 aromatic heterocycles. The molecule has 2 heterocycles. The highest BCUT2D eigenvalue weighted by Gasteiger charge is 2.29. The van der Waals surface area contributed by atoms with E-state index >= 15 is 0 Å². The van der Waals surface area contributed by atoms with Gasteiger partial charge in [-0.15, -0.1) is 12.4 Å². The number of hydrogen-bond donors (Lipinski definition) is 2. The summed E-state index contributed by atoms with van der Waals surface area (Å²) in [5, 5.41) is 6.84. The third-order valence-corrected chi connectivity index (χ3v) is 2.79. The first kappa shape index (κ1) is 11.2. The van der Waals surface area contributed by atoms with Crippen LogP contribution in [-0.2, 0) is 4.74 Å². The molecule has 2 fully saturated rings. The minimum absolute atomic E-state index is 0. The van der Waals surface area contributed by atoms with Crippen LogP contribution >= 0.6 is 12.4 Å². The second kappa shape index (κ2) is 5.15. The van der Waals surface area contributed by atoms with Crippen LogP contribution in [0.4, 0.5) is 0 Å². The van der Waals surface area contributed by atoms with Crippen LogP contribution in [-0.4, -0.2) is 32.0 Å². The predicted octanol–water partition coefficient (Wildman–Crippen LogP) is 0.742. The Morgan fingerprint density at radius 2 is 1.92 bits per heavy atom. The Morgan fingerprint density at radius 1 is 1.23 bits per heavy atom. The number of ether oxygens (including phenoxy) is 1. The maximum Gasteiger partial charge on any atom is 0.111 e. The number of nitrogens with one attached hydrogen (secondary N) is 2. The number of halogens is 1. The molecule has 0 aromatic rings. The predicted molar refractivity (Wildman–Crippen MR) is 55.2 cm³/mol. The Bertz CT molecular complexity index is 148. The smallest absolute Gasteiger partial charge is 0.111 e. The summed E-state index contributed by atoms with van der Waals surface area (Å²) in [5.41, 5.74) is 0. The molecule has 2 atom stereocenters. The van der Waals surface area contributed by atoms with Crippen molar-refractivity contribution in [3.05, 3.63) is 0 Å². The Kier molecular flexibility index (Phi) is 4.46. The van der Waals surface area contributed by atoms with Crippen LogP contribution in [0.5, 0.6) is 0 Å². The van der Waals surface area contributed by atoms with E-state index in [1.54, 1.807) is 0 Å². The third-order valence-electron chi connectivity index (χ3n) is 2.79. The van der Waals surface area contributed by atoms with Gasteiger partial charge in [0.2, 0.25) is 0 Å². The molecule has 2 N–H and O–H groups in total. The first-order chi connectivity index (χ1) is 5.86. The van der Waals surface area contributed by atoms with Crippen molar-refractivity contribution in [2.75, 3.05) is 19.7 Å². The molecule has 3 nitrogen and oxygen atoms in total. The molecular weight excluding hydrogens is 188 g/mol. The van der Waals surface area contributed by atoms with Crippen molar-refractivity contribution in [1.82, 2.24) is 10.6 Å². The van der Waals surface area contributed by atoms with Crippen LogP contribution in [0.25, 0.3) is 0 Å². The summed E-state index contributed by atoms with van der Waals surface area (Å²) in [6.45, 7) is 5.37. The van der Waals surface area contributed by atoms with Gasteiger partial charge >= 0.3 is 0 Å². The zero-order chi connectivity index (χ0) is 8.39. The summed E-state index contributed by atoms with van der Waals surface area (Å²) in [5.74, 6) is 0.733. The molecule has 0 bridgehead atoms. The summed E-state index contributed by atoms with van der Waals surface area (Å²) >= 11 is 0. The van der Waals surface area contributed by atoms with Crippen molar-refractivity contribution in [1.29, 1.82) is 0 Å². The number of rotatable bonds is 1. The van der Waals surface area contributed by atoms with E-state index < -0.39 is 0 Å². The summed E-state index contributed by atoms with van der Waals surface area (Å²) in [6.07, 6.45) is 2.84. The van der Waals surface area contributed by atoms with Crippen molar-refractivity contribution in [3.8, 4) is 0 Å². The summed E-state index contributed by atoms with van der Waals surface area (Å²) in [4.78, 5) is 0. The van der Waals surface area contributed by atoms with Gasteiger partial charge in [0.05, 0.1) is 6.61 Å². The van der Waals surface area contributed by atoms with Gasteiger partial charge in [0.15, 0.2) is 0 Å². The van der Waals surface area contributed by atoms with E-state index in [4.69, 9.17) is 4.74 Å². The highest BCUT2D eigenvalue weighted by molar-refractivity contribution is 5.85. The van der Waals surface area contributed by atoms with E-state index in [0.717, 1.165) is 25.6 Å². The molecule has 0 aromatic carbocycles. The van der Waals surface area contributed by atoms with E-state index in [0.29, 0.717) is 12.3 Å². The lowest BCUT2D eigenvalue weighted by Gasteiger charge is -2.27. The van der Waals surface area contributed by atoms with Crippen molar-refractivity contribution in [2.45, 2.75) is 32.0 Å². The SMILES string of the molecule is CC1COC(C2CCNCC2)N1.Cl. The molecular formula is C9H19ClN2O. The van der Waals surface area contributed by atoms with Crippen LogP contribution in [0, 0.1) is 5.92 Å². The Morgan fingerprint density at radius 3 is 2.46 bits per heavy atom. The van der Waals surface area contributed by atoms with Crippen molar-refractivity contribution >= 4 is 12.4 Å². The maximum absolute atomic E-state index is 5.67. The standard InChI is InChI=1S/C9H18N2O.ClH/c1-7-6-12-9(11-7)8-2-4-10-5-3-8;/h7-11H,2-6H2,1H3;1H. The lowest BCUT2D eigenvalue weighted by Crippen LogP contribution is -2.40. The third kappa shape index (κ3) is 2.81. The first-order valence-corrected chi connectivity index (χ1v) is 4.94. The molecule has 0 aliphatic carbocycles. The fraction of sp³-hybridized carbons (Fsp3) is 1.00. The van der Waals surface area contributed by atoms with Crippen molar-refractivity contribution in [3.63, 3.8) is 0 Å². The Balaban J connectivity index is 0.000000845. The first-order valence-electron chi connectivity index (χ1n) is 4.94. The monoisotopic (exact) mass is 206 g/mol. The van der Waals surface area contributed by atoms with E-state index in [-0.39, 0.29) is 12.4 Å². The minimum atomic E-state index is 0. The average molecular weight is 207 g/mol. The normalized spacial score (nSPS) is 35.8.